The van der Waals surface area contributed by atoms with Crippen LogP contribution in [0.25, 0.3) is 0 Å². The maximum absolute atomic E-state index is 10.9. The molecule has 0 amide bonds. The summed E-state index contributed by atoms with van der Waals surface area (Å²) in [5.41, 5.74) is 0.724. The molecule has 1 N–H and O–H groups in total. The van der Waals surface area contributed by atoms with Gasteiger partial charge in [0.2, 0.25) is 0 Å². The first kappa shape index (κ1) is 12.3. The lowest BCUT2D eigenvalue weighted by Gasteiger charge is -2.08. The van der Waals surface area contributed by atoms with Gasteiger partial charge in [-0.15, -0.1) is 0 Å². The summed E-state index contributed by atoms with van der Waals surface area (Å²) in [4.78, 5) is 10.9. The fraction of sp³-hybridized carbons (Fsp3) is 0.300. The zero-order valence-electron chi connectivity index (χ0n) is 8.04. The van der Waals surface area contributed by atoms with Crippen LogP contribution < -0.4 is 0 Å². The number of rotatable bonds is 3. The van der Waals surface area contributed by atoms with Gasteiger partial charge in [0.1, 0.15) is 0 Å². The van der Waals surface area contributed by atoms with Crippen LogP contribution >= 0.6 is 23.2 Å². The highest BCUT2D eigenvalue weighted by molar-refractivity contribution is 6.42. The van der Waals surface area contributed by atoms with Gasteiger partial charge in [-0.05, 0) is 17.7 Å². The van der Waals surface area contributed by atoms with Gasteiger partial charge in [-0.3, -0.25) is 0 Å². The van der Waals surface area contributed by atoms with Crippen LogP contribution in [0.5, 0.6) is 0 Å². The standard InChI is InChI=1S/C10H10Cl2O3/c1-15-10(14)9(13)5-6-2-3-7(11)8(12)4-6/h2-4,9,13H,5H2,1H3. The van der Waals surface area contributed by atoms with Crippen LogP contribution in [0.15, 0.2) is 18.2 Å². The SMILES string of the molecule is COC(=O)C(O)Cc1ccc(Cl)c(Cl)c1. The zero-order valence-corrected chi connectivity index (χ0v) is 9.55. The number of ether oxygens (including phenoxy) is 1. The summed E-state index contributed by atoms with van der Waals surface area (Å²) < 4.78 is 4.39. The number of carbonyl (C=O) groups excluding carboxylic acids is 1. The summed E-state index contributed by atoms with van der Waals surface area (Å²) in [7, 11) is 1.22. The molecule has 1 atom stereocenters. The third-order valence-corrected chi connectivity index (χ3v) is 2.63. The summed E-state index contributed by atoms with van der Waals surface area (Å²) in [5, 5.41) is 10.2. The second kappa shape index (κ2) is 5.35. The summed E-state index contributed by atoms with van der Waals surface area (Å²) in [6, 6.07) is 4.92. The van der Waals surface area contributed by atoms with Crippen molar-refractivity contribution in [3.8, 4) is 0 Å². The highest BCUT2D eigenvalue weighted by Gasteiger charge is 2.16. The van der Waals surface area contributed by atoms with E-state index >= 15 is 0 Å². The number of aliphatic hydroxyl groups excluding tert-OH is 1. The lowest BCUT2D eigenvalue weighted by atomic mass is 10.1. The van der Waals surface area contributed by atoms with E-state index in [4.69, 9.17) is 23.2 Å². The molecule has 0 heterocycles. The van der Waals surface area contributed by atoms with Crippen molar-refractivity contribution in [3.63, 3.8) is 0 Å². The highest BCUT2D eigenvalue weighted by atomic mass is 35.5. The summed E-state index contributed by atoms with van der Waals surface area (Å²) in [5.74, 6) is -0.666. The first-order valence-electron chi connectivity index (χ1n) is 4.24. The Labute approximate surface area is 97.6 Å². The number of carbonyl (C=O) groups is 1. The van der Waals surface area contributed by atoms with Gasteiger partial charge in [0, 0.05) is 6.42 Å². The van der Waals surface area contributed by atoms with Gasteiger partial charge in [0.15, 0.2) is 6.10 Å². The van der Waals surface area contributed by atoms with Crippen LogP contribution in [0.1, 0.15) is 5.56 Å². The van der Waals surface area contributed by atoms with Crippen molar-refractivity contribution >= 4 is 29.2 Å². The lowest BCUT2D eigenvalue weighted by Crippen LogP contribution is -2.24. The van der Waals surface area contributed by atoms with Gasteiger partial charge in [0.25, 0.3) is 0 Å². The molecule has 0 aliphatic rings. The van der Waals surface area contributed by atoms with Gasteiger partial charge in [-0.25, -0.2) is 4.79 Å². The Kier molecular flexibility index (Phi) is 4.39. The van der Waals surface area contributed by atoms with Crippen molar-refractivity contribution in [1.82, 2.24) is 0 Å². The maximum Gasteiger partial charge on any atom is 0.335 e. The first-order valence-corrected chi connectivity index (χ1v) is 5.00. The molecule has 0 aliphatic heterocycles. The third kappa shape index (κ3) is 3.38. The van der Waals surface area contributed by atoms with E-state index in [1.54, 1.807) is 18.2 Å². The minimum absolute atomic E-state index is 0.156. The number of hydrogen-bond acceptors (Lipinski definition) is 3. The van der Waals surface area contributed by atoms with E-state index in [0.29, 0.717) is 10.0 Å². The van der Waals surface area contributed by atoms with Crippen molar-refractivity contribution in [2.45, 2.75) is 12.5 Å². The van der Waals surface area contributed by atoms with E-state index in [1.807, 2.05) is 0 Å². The highest BCUT2D eigenvalue weighted by Crippen LogP contribution is 2.23. The summed E-state index contributed by atoms with van der Waals surface area (Å²) in [6.07, 6.45) is -1.02. The Morgan fingerprint density at radius 3 is 2.67 bits per heavy atom. The second-order valence-electron chi connectivity index (χ2n) is 2.99. The fourth-order valence-electron chi connectivity index (χ4n) is 1.11. The Morgan fingerprint density at radius 1 is 1.47 bits per heavy atom. The average molecular weight is 249 g/mol. The molecule has 82 valence electrons. The van der Waals surface area contributed by atoms with E-state index in [2.05, 4.69) is 4.74 Å². The molecule has 1 unspecified atom stereocenters. The molecule has 3 nitrogen and oxygen atoms in total. The van der Waals surface area contributed by atoms with Crippen LogP contribution in [0.2, 0.25) is 10.0 Å². The van der Waals surface area contributed by atoms with Crippen LogP contribution in [-0.2, 0) is 16.0 Å². The van der Waals surface area contributed by atoms with Gasteiger partial charge in [0.05, 0.1) is 17.2 Å². The van der Waals surface area contributed by atoms with E-state index in [9.17, 15) is 9.90 Å². The Morgan fingerprint density at radius 2 is 2.13 bits per heavy atom. The Hall–Kier alpha value is -0.770. The van der Waals surface area contributed by atoms with Crippen molar-refractivity contribution in [2.75, 3.05) is 7.11 Å². The monoisotopic (exact) mass is 248 g/mol. The molecule has 0 fully saturated rings. The van der Waals surface area contributed by atoms with Crippen molar-refractivity contribution < 1.29 is 14.6 Å². The molecule has 0 saturated heterocycles. The molecule has 0 aromatic heterocycles. The normalized spacial score (nSPS) is 12.3. The van der Waals surface area contributed by atoms with Crippen LogP contribution in [0, 0.1) is 0 Å². The molecule has 0 bridgehead atoms. The Balaban J connectivity index is 2.73. The van der Waals surface area contributed by atoms with Gasteiger partial charge < -0.3 is 9.84 Å². The van der Waals surface area contributed by atoms with E-state index < -0.39 is 12.1 Å². The minimum atomic E-state index is -1.17. The zero-order chi connectivity index (χ0) is 11.4. The quantitative estimate of drug-likeness (QED) is 0.834. The molecule has 1 aromatic rings. The largest absolute Gasteiger partial charge is 0.467 e. The van der Waals surface area contributed by atoms with Crippen LogP contribution in [0.4, 0.5) is 0 Å². The molecular weight excluding hydrogens is 239 g/mol. The molecular formula is C10H10Cl2O3. The molecule has 15 heavy (non-hydrogen) atoms. The van der Waals surface area contributed by atoms with Crippen LogP contribution in [0.3, 0.4) is 0 Å². The molecule has 0 aliphatic carbocycles. The summed E-state index contributed by atoms with van der Waals surface area (Å²) >= 11 is 11.5. The number of methoxy groups -OCH3 is 1. The van der Waals surface area contributed by atoms with E-state index in [0.717, 1.165) is 5.56 Å². The smallest absolute Gasteiger partial charge is 0.335 e. The van der Waals surface area contributed by atoms with E-state index in [1.165, 1.54) is 7.11 Å². The first-order chi connectivity index (χ1) is 7.04. The van der Waals surface area contributed by atoms with Gasteiger partial charge in [-0.2, -0.15) is 0 Å². The topological polar surface area (TPSA) is 46.5 Å². The average Bonchev–Trinajstić information content (AvgIpc) is 2.22. The minimum Gasteiger partial charge on any atom is -0.467 e. The molecule has 1 rings (SSSR count). The molecule has 0 spiro atoms. The van der Waals surface area contributed by atoms with E-state index in [-0.39, 0.29) is 6.42 Å². The summed E-state index contributed by atoms with van der Waals surface area (Å²) in [6.45, 7) is 0. The molecule has 5 heteroatoms. The molecule has 0 radical (unpaired) electrons. The molecule has 0 saturated carbocycles. The number of benzene rings is 1. The molecule has 1 aromatic carbocycles. The number of aliphatic hydroxyl groups is 1. The number of hydrogen-bond donors (Lipinski definition) is 1. The van der Waals surface area contributed by atoms with Crippen molar-refractivity contribution in [3.05, 3.63) is 33.8 Å². The maximum atomic E-state index is 10.9. The van der Waals surface area contributed by atoms with Gasteiger partial charge in [-0.1, -0.05) is 29.3 Å². The predicted octanol–water partition coefficient (Wildman–Crippen LogP) is 2.07. The van der Waals surface area contributed by atoms with Crippen molar-refractivity contribution in [2.24, 2.45) is 0 Å². The van der Waals surface area contributed by atoms with Crippen molar-refractivity contribution in [1.29, 1.82) is 0 Å². The number of esters is 1. The lowest BCUT2D eigenvalue weighted by molar-refractivity contribution is -0.150. The fourth-order valence-corrected chi connectivity index (χ4v) is 1.43. The predicted molar refractivity (Wildman–Crippen MR) is 58.2 cm³/mol. The van der Waals surface area contributed by atoms with Gasteiger partial charge >= 0.3 is 5.97 Å². The van der Waals surface area contributed by atoms with Crippen LogP contribution in [-0.4, -0.2) is 24.3 Å². The third-order valence-electron chi connectivity index (χ3n) is 1.89. The number of halogens is 2. The second-order valence-corrected chi connectivity index (χ2v) is 3.81. The Bertz CT molecular complexity index is 366.